The molecule has 0 spiro atoms. The van der Waals surface area contributed by atoms with Crippen LogP contribution >= 0.6 is 15.9 Å². The van der Waals surface area contributed by atoms with Crippen LogP contribution in [0.3, 0.4) is 0 Å². The summed E-state index contributed by atoms with van der Waals surface area (Å²) in [6, 6.07) is 11.7. The first kappa shape index (κ1) is 21.4. The molecule has 2 N–H and O–H groups in total. The van der Waals surface area contributed by atoms with Gasteiger partial charge in [-0.25, -0.2) is 0 Å². The van der Waals surface area contributed by atoms with E-state index in [2.05, 4.69) is 38.2 Å². The maximum atomic E-state index is 12.0. The van der Waals surface area contributed by atoms with Gasteiger partial charge in [-0.15, -0.1) is 0 Å². The number of hydrogen-bond donors (Lipinski definition) is 1. The number of benzene rings is 2. The summed E-state index contributed by atoms with van der Waals surface area (Å²) in [7, 11) is 0. The van der Waals surface area contributed by atoms with Crippen LogP contribution in [0.2, 0.25) is 0 Å². The number of nitrogens with two attached hydrogens (primary N) is 1. The zero-order valence-corrected chi connectivity index (χ0v) is 19.2. The van der Waals surface area contributed by atoms with Gasteiger partial charge in [0.25, 0.3) is 5.89 Å². The average molecular weight is 485 g/mol. The smallest absolute Gasteiger partial charge is 0.258 e. The minimum absolute atomic E-state index is 0.0426. The minimum Gasteiger partial charge on any atom is -0.489 e. The van der Waals surface area contributed by atoms with Crippen LogP contribution in [0.4, 0.5) is 5.69 Å². The Morgan fingerprint density at radius 1 is 1.16 bits per heavy atom. The summed E-state index contributed by atoms with van der Waals surface area (Å²) in [5, 5.41) is 4.52. The van der Waals surface area contributed by atoms with E-state index >= 15 is 0 Å². The number of carbonyl (C=O) groups is 1. The molecule has 31 heavy (non-hydrogen) atoms. The summed E-state index contributed by atoms with van der Waals surface area (Å²) in [5.41, 5.74) is 10.7. The molecule has 0 fully saturated rings. The van der Waals surface area contributed by atoms with E-state index in [4.69, 9.17) is 15.0 Å². The summed E-state index contributed by atoms with van der Waals surface area (Å²) in [6.07, 6.45) is 1.69. The number of anilines is 1. The second-order valence-electron chi connectivity index (χ2n) is 7.84. The monoisotopic (exact) mass is 484 g/mol. The molecular formula is C23H25BrN4O3. The molecule has 162 valence electrons. The second kappa shape index (κ2) is 9.09. The largest absolute Gasteiger partial charge is 0.489 e. The first-order valence-corrected chi connectivity index (χ1v) is 11.4. The maximum absolute atomic E-state index is 12.0. The van der Waals surface area contributed by atoms with Crippen molar-refractivity contribution in [2.24, 2.45) is 0 Å². The molecule has 3 aromatic rings. The SMILES string of the molecule is CC(C)Oc1ccc(-c2nc(-c3ccc4c(c3)CCN(C(=O)CBr)CC4)no2)cc1N. The number of amides is 1. The molecular weight excluding hydrogens is 460 g/mol. The van der Waals surface area contributed by atoms with Gasteiger partial charge in [-0.3, -0.25) is 4.79 Å². The first-order chi connectivity index (χ1) is 14.9. The third-order valence-corrected chi connectivity index (χ3v) is 5.76. The van der Waals surface area contributed by atoms with Crippen LogP contribution in [0.15, 0.2) is 40.9 Å². The number of aromatic nitrogens is 2. The van der Waals surface area contributed by atoms with Gasteiger partial charge in [0.05, 0.1) is 17.1 Å². The van der Waals surface area contributed by atoms with Gasteiger partial charge in [0.1, 0.15) is 5.75 Å². The van der Waals surface area contributed by atoms with E-state index in [0.717, 1.165) is 30.5 Å². The number of halogens is 1. The van der Waals surface area contributed by atoms with Crippen LogP contribution in [0.5, 0.6) is 5.75 Å². The standard InChI is InChI=1S/C23H25BrN4O3/c1-14(2)30-20-6-5-18(12-19(20)25)23-26-22(27-31-23)17-4-3-15-7-9-28(21(29)13-24)10-8-16(15)11-17/h3-6,11-12,14H,7-10,13,25H2,1-2H3. The molecule has 2 heterocycles. The number of nitrogens with zero attached hydrogens (tertiary/aromatic N) is 3. The quantitative estimate of drug-likeness (QED) is 0.432. The van der Waals surface area contributed by atoms with Crippen molar-refractivity contribution in [2.45, 2.75) is 32.8 Å². The fourth-order valence-electron chi connectivity index (χ4n) is 3.70. The molecule has 0 unspecified atom stereocenters. The normalized spacial score (nSPS) is 13.7. The fraction of sp³-hybridized carbons (Fsp3) is 0.348. The number of ether oxygens (including phenoxy) is 1. The Hall–Kier alpha value is -2.87. The predicted molar refractivity (Wildman–Crippen MR) is 123 cm³/mol. The van der Waals surface area contributed by atoms with Crippen molar-refractivity contribution in [1.82, 2.24) is 15.0 Å². The van der Waals surface area contributed by atoms with Crippen LogP contribution in [0, 0.1) is 0 Å². The summed E-state index contributed by atoms with van der Waals surface area (Å²) < 4.78 is 11.2. The molecule has 0 saturated carbocycles. The summed E-state index contributed by atoms with van der Waals surface area (Å²) >= 11 is 3.26. The Morgan fingerprint density at radius 3 is 2.61 bits per heavy atom. The van der Waals surface area contributed by atoms with Crippen molar-refractivity contribution >= 4 is 27.5 Å². The van der Waals surface area contributed by atoms with Gasteiger partial charge >= 0.3 is 0 Å². The van der Waals surface area contributed by atoms with Gasteiger partial charge in [0.2, 0.25) is 11.7 Å². The van der Waals surface area contributed by atoms with Crippen LogP contribution in [0.25, 0.3) is 22.8 Å². The van der Waals surface area contributed by atoms with Crippen molar-refractivity contribution in [2.75, 3.05) is 24.2 Å². The van der Waals surface area contributed by atoms with Crippen LogP contribution in [-0.4, -0.2) is 45.5 Å². The van der Waals surface area contributed by atoms with Gasteiger partial charge in [0, 0.05) is 24.2 Å². The highest BCUT2D eigenvalue weighted by atomic mass is 79.9. The highest BCUT2D eigenvalue weighted by Gasteiger charge is 2.19. The molecule has 1 aromatic heterocycles. The van der Waals surface area contributed by atoms with E-state index in [-0.39, 0.29) is 12.0 Å². The molecule has 4 rings (SSSR count). The number of carbonyl (C=O) groups excluding carboxylic acids is 1. The molecule has 0 bridgehead atoms. The molecule has 1 aliphatic rings. The topological polar surface area (TPSA) is 94.5 Å². The predicted octanol–water partition coefficient (Wildman–Crippen LogP) is 4.10. The Labute approximate surface area is 189 Å². The van der Waals surface area contributed by atoms with E-state index in [9.17, 15) is 4.79 Å². The molecule has 8 heteroatoms. The summed E-state index contributed by atoms with van der Waals surface area (Å²) in [6.45, 7) is 5.36. The van der Waals surface area contributed by atoms with Gasteiger partial charge in [-0.2, -0.15) is 4.98 Å². The Bertz CT molecular complexity index is 1100. The Morgan fingerprint density at radius 2 is 1.90 bits per heavy atom. The summed E-state index contributed by atoms with van der Waals surface area (Å²) in [5.74, 6) is 1.69. The van der Waals surface area contributed by atoms with Gasteiger partial charge in [-0.1, -0.05) is 33.2 Å². The number of hydrogen-bond acceptors (Lipinski definition) is 6. The lowest BCUT2D eigenvalue weighted by Crippen LogP contribution is -2.33. The number of fused-ring (bicyclic) bond motifs is 1. The lowest BCUT2D eigenvalue weighted by atomic mass is 10.00. The van der Waals surface area contributed by atoms with Gasteiger partial charge in [0.15, 0.2) is 0 Å². The molecule has 0 radical (unpaired) electrons. The van der Waals surface area contributed by atoms with Crippen molar-refractivity contribution in [1.29, 1.82) is 0 Å². The van der Waals surface area contributed by atoms with E-state index in [1.807, 2.05) is 36.9 Å². The van der Waals surface area contributed by atoms with Gasteiger partial charge < -0.3 is 19.9 Å². The van der Waals surface area contributed by atoms with E-state index in [1.54, 1.807) is 6.07 Å². The summed E-state index contributed by atoms with van der Waals surface area (Å²) in [4.78, 5) is 18.5. The Kier molecular flexibility index (Phi) is 6.27. The Balaban J connectivity index is 1.55. The molecule has 7 nitrogen and oxygen atoms in total. The molecule has 1 aliphatic heterocycles. The van der Waals surface area contributed by atoms with Crippen molar-refractivity contribution in [3.05, 3.63) is 47.5 Å². The highest BCUT2D eigenvalue weighted by Crippen LogP contribution is 2.30. The fourth-order valence-corrected chi connectivity index (χ4v) is 4.05. The molecule has 2 aromatic carbocycles. The number of nitrogen functional groups attached to an aromatic ring is 1. The minimum atomic E-state index is 0.0426. The zero-order valence-electron chi connectivity index (χ0n) is 17.6. The van der Waals surface area contributed by atoms with Crippen LogP contribution < -0.4 is 10.5 Å². The molecule has 0 saturated heterocycles. The van der Waals surface area contributed by atoms with Crippen LogP contribution in [0.1, 0.15) is 25.0 Å². The lowest BCUT2D eigenvalue weighted by Gasteiger charge is -2.18. The van der Waals surface area contributed by atoms with Gasteiger partial charge in [-0.05, 0) is 62.1 Å². The number of rotatable bonds is 5. The van der Waals surface area contributed by atoms with Crippen molar-refractivity contribution in [3.63, 3.8) is 0 Å². The third kappa shape index (κ3) is 4.74. The molecule has 0 atom stereocenters. The van der Waals surface area contributed by atoms with Crippen molar-refractivity contribution in [3.8, 4) is 28.6 Å². The third-order valence-electron chi connectivity index (χ3n) is 5.28. The number of alkyl halides is 1. The van der Waals surface area contributed by atoms with E-state index in [1.165, 1.54) is 11.1 Å². The second-order valence-corrected chi connectivity index (χ2v) is 8.40. The molecule has 0 aliphatic carbocycles. The van der Waals surface area contributed by atoms with E-state index < -0.39 is 0 Å². The highest BCUT2D eigenvalue weighted by molar-refractivity contribution is 9.09. The maximum Gasteiger partial charge on any atom is 0.258 e. The lowest BCUT2D eigenvalue weighted by molar-refractivity contribution is -0.128. The average Bonchev–Trinajstić information content (AvgIpc) is 3.15. The first-order valence-electron chi connectivity index (χ1n) is 10.3. The zero-order chi connectivity index (χ0) is 22.0. The van der Waals surface area contributed by atoms with E-state index in [0.29, 0.717) is 35.0 Å². The molecule has 1 amide bonds. The van der Waals surface area contributed by atoms with Crippen LogP contribution in [-0.2, 0) is 17.6 Å². The van der Waals surface area contributed by atoms with Crippen molar-refractivity contribution < 1.29 is 14.1 Å².